The smallest absolute Gasteiger partial charge is 0.0975 e. The second kappa shape index (κ2) is 6.83. The maximum absolute atomic E-state index is 4.69. The first-order valence-electron chi connectivity index (χ1n) is 6.90. The maximum atomic E-state index is 4.69. The van der Waals surface area contributed by atoms with Gasteiger partial charge in [0.05, 0.1) is 10.7 Å². The number of nitrogens with one attached hydrogen (secondary N) is 1. The molecule has 0 aliphatic heterocycles. The Hall–Kier alpha value is -1.19. The van der Waals surface area contributed by atoms with E-state index >= 15 is 0 Å². The molecule has 0 radical (unpaired) electrons. The van der Waals surface area contributed by atoms with Gasteiger partial charge in [-0.05, 0) is 32.4 Å². The fraction of sp³-hybridized carbons (Fsp3) is 0.438. The second-order valence-electron chi connectivity index (χ2n) is 4.96. The highest BCUT2D eigenvalue weighted by molar-refractivity contribution is 7.11. The van der Waals surface area contributed by atoms with Gasteiger partial charge in [0, 0.05) is 17.8 Å². The fourth-order valence-corrected chi connectivity index (χ4v) is 3.06. The van der Waals surface area contributed by atoms with Gasteiger partial charge in [0.2, 0.25) is 0 Å². The fourth-order valence-electron chi connectivity index (χ4n) is 1.99. The molecular weight excluding hydrogens is 252 g/mol. The molecule has 0 bridgehead atoms. The Labute approximate surface area is 119 Å². The van der Waals surface area contributed by atoms with Crippen LogP contribution in [0.4, 0.5) is 0 Å². The first-order valence-corrected chi connectivity index (χ1v) is 7.72. The van der Waals surface area contributed by atoms with Gasteiger partial charge in [0.25, 0.3) is 0 Å². The molecule has 1 heterocycles. The van der Waals surface area contributed by atoms with Crippen LogP contribution in [0, 0.1) is 13.8 Å². The minimum atomic E-state index is 0.944. The first kappa shape index (κ1) is 14.2. The summed E-state index contributed by atoms with van der Waals surface area (Å²) in [7, 11) is 0. The molecule has 0 unspecified atom stereocenters. The molecule has 1 aromatic heterocycles. The number of aromatic nitrogens is 1. The van der Waals surface area contributed by atoms with Crippen molar-refractivity contribution in [1.82, 2.24) is 10.3 Å². The van der Waals surface area contributed by atoms with Crippen LogP contribution in [0.1, 0.15) is 40.1 Å². The standard InChI is InChI=1S/C16H22N2S/c1-4-9-17-11-15-13(3)18-16(19-15)10-14-7-5-12(2)6-8-14/h5-8,17H,4,9-11H2,1-3H3. The van der Waals surface area contributed by atoms with Crippen molar-refractivity contribution in [2.24, 2.45) is 0 Å². The minimum absolute atomic E-state index is 0.944. The minimum Gasteiger partial charge on any atom is -0.312 e. The number of thiazole rings is 1. The quantitative estimate of drug-likeness (QED) is 0.809. The van der Waals surface area contributed by atoms with Crippen molar-refractivity contribution in [2.75, 3.05) is 6.54 Å². The Bertz CT molecular complexity index is 514. The summed E-state index contributed by atoms with van der Waals surface area (Å²) >= 11 is 1.84. The van der Waals surface area contributed by atoms with Crippen LogP contribution in [0.3, 0.4) is 0 Å². The Kier molecular flexibility index (Phi) is 5.11. The van der Waals surface area contributed by atoms with Gasteiger partial charge in [-0.15, -0.1) is 11.3 Å². The van der Waals surface area contributed by atoms with Gasteiger partial charge >= 0.3 is 0 Å². The van der Waals surface area contributed by atoms with Crippen LogP contribution in [-0.2, 0) is 13.0 Å². The molecule has 0 fully saturated rings. The normalized spacial score (nSPS) is 10.9. The molecule has 0 aliphatic carbocycles. The third kappa shape index (κ3) is 4.15. The zero-order chi connectivity index (χ0) is 13.7. The molecule has 2 rings (SSSR count). The van der Waals surface area contributed by atoms with E-state index in [1.807, 2.05) is 11.3 Å². The van der Waals surface area contributed by atoms with E-state index in [4.69, 9.17) is 0 Å². The third-order valence-electron chi connectivity index (χ3n) is 3.13. The van der Waals surface area contributed by atoms with E-state index in [2.05, 4.69) is 55.3 Å². The van der Waals surface area contributed by atoms with Crippen LogP contribution < -0.4 is 5.32 Å². The molecule has 3 heteroatoms. The lowest BCUT2D eigenvalue weighted by Crippen LogP contribution is -2.13. The van der Waals surface area contributed by atoms with E-state index in [1.54, 1.807) is 0 Å². The molecule has 1 N–H and O–H groups in total. The van der Waals surface area contributed by atoms with Crippen molar-refractivity contribution < 1.29 is 0 Å². The van der Waals surface area contributed by atoms with Gasteiger partial charge in [-0.2, -0.15) is 0 Å². The van der Waals surface area contributed by atoms with Crippen molar-refractivity contribution >= 4 is 11.3 Å². The summed E-state index contributed by atoms with van der Waals surface area (Å²) in [6, 6.07) is 8.72. The van der Waals surface area contributed by atoms with Crippen LogP contribution in [0.5, 0.6) is 0 Å². The summed E-state index contributed by atoms with van der Waals surface area (Å²) in [5.41, 5.74) is 3.83. The third-order valence-corrected chi connectivity index (χ3v) is 4.28. The predicted molar refractivity (Wildman–Crippen MR) is 82.8 cm³/mol. The van der Waals surface area contributed by atoms with Crippen LogP contribution in [0.25, 0.3) is 0 Å². The van der Waals surface area contributed by atoms with E-state index in [0.29, 0.717) is 0 Å². The molecular formula is C16H22N2S. The molecule has 0 aliphatic rings. The van der Waals surface area contributed by atoms with E-state index in [1.165, 1.54) is 33.1 Å². The van der Waals surface area contributed by atoms with Gasteiger partial charge in [-0.1, -0.05) is 36.8 Å². The monoisotopic (exact) mass is 274 g/mol. The predicted octanol–water partition coefficient (Wildman–Crippen LogP) is 3.85. The van der Waals surface area contributed by atoms with E-state index in [0.717, 1.165) is 19.5 Å². The van der Waals surface area contributed by atoms with Crippen LogP contribution >= 0.6 is 11.3 Å². The van der Waals surface area contributed by atoms with E-state index < -0.39 is 0 Å². The molecule has 19 heavy (non-hydrogen) atoms. The van der Waals surface area contributed by atoms with Crippen LogP contribution in [0.15, 0.2) is 24.3 Å². The molecule has 2 nitrogen and oxygen atoms in total. The molecule has 0 amide bonds. The van der Waals surface area contributed by atoms with Crippen LogP contribution in [-0.4, -0.2) is 11.5 Å². The average Bonchev–Trinajstić information content (AvgIpc) is 2.73. The van der Waals surface area contributed by atoms with Crippen molar-refractivity contribution in [3.63, 3.8) is 0 Å². The summed E-state index contributed by atoms with van der Waals surface area (Å²) in [6.07, 6.45) is 2.12. The van der Waals surface area contributed by atoms with Gasteiger partial charge < -0.3 is 5.32 Å². The van der Waals surface area contributed by atoms with Gasteiger partial charge in [-0.3, -0.25) is 0 Å². The molecule has 0 saturated carbocycles. The lowest BCUT2D eigenvalue weighted by molar-refractivity contribution is 0.678. The summed E-state index contributed by atoms with van der Waals surface area (Å²) in [6.45, 7) is 8.44. The highest BCUT2D eigenvalue weighted by Gasteiger charge is 2.07. The van der Waals surface area contributed by atoms with Crippen molar-refractivity contribution in [3.05, 3.63) is 51.0 Å². The van der Waals surface area contributed by atoms with E-state index in [-0.39, 0.29) is 0 Å². The molecule has 1 aromatic carbocycles. The lowest BCUT2D eigenvalue weighted by atomic mass is 10.1. The SMILES string of the molecule is CCCNCc1sc(Cc2ccc(C)cc2)nc1C. The lowest BCUT2D eigenvalue weighted by Gasteiger charge is -2.00. The molecule has 0 atom stereocenters. The highest BCUT2D eigenvalue weighted by Crippen LogP contribution is 2.21. The largest absolute Gasteiger partial charge is 0.312 e. The Balaban J connectivity index is 2.01. The number of hydrogen-bond acceptors (Lipinski definition) is 3. The maximum Gasteiger partial charge on any atom is 0.0975 e. The first-order chi connectivity index (χ1) is 9.19. The molecule has 0 saturated heterocycles. The van der Waals surface area contributed by atoms with Gasteiger partial charge in [-0.25, -0.2) is 4.98 Å². The topological polar surface area (TPSA) is 24.9 Å². The van der Waals surface area contributed by atoms with E-state index in [9.17, 15) is 0 Å². The van der Waals surface area contributed by atoms with Gasteiger partial charge in [0.15, 0.2) is 0 Å². The Morgan fingerprint density at radius 3 is 2.58 bits per heavy atom. The van der Waals surface area contributed by atoms with Crippen molar-refractivity contribution in [3.8, 4) is 0 Å². The average molecular weight is 274 g/mol. The second-order valence-corrected chi connectivity index (χ2v) is 6.12. The summed E-state index contributed by atoms with van der Waals surface area (Å²) < 4.78 is 0. The highest BCUT2D eigenvalue weighted by atomic mass is 32.1. The van der Waals surface area contributed by atoms with Gasteiger partial charge in [0.1, 0.15) is 0 Å². The molecule has 2 aromatic rings. The summed E-state index contributed by atoms with van der Waals surface area (Å²) in [4.78, 5) is 6.06. The number of nitrogens with zero attached hydrogens (tertiary/aromatic N) is 1. The Morgan fingerprint density at radius 1 is 1.16 bits per heavy atom. The Morgan fingerprint density at radius 2 is 1.89 bits per heavy atom. The number of benzene rings is 1. The molecule has 102 valence electrons. The number of hydrogen-bond donors (Lipinski definition) is 1. The van der Waals surface area contributed by atoms with Crippen LogP contribution in [0.2, 0.25) is 0 Å². The zero-order valence-corrected chi connectivity index (χ0v) is 12.8. The number of rotatable bonds is 6. The zero-order valence-electron chi connectivity index (χ0n) is 12.0. The molecule has 0 spiro atoms. The van der Waals surface area contributed by atoms with Crippen molar-refractivity contribution in [1.29, 1.82) is 0 Å². The van der Waals surface area contributed by atoms with Crippen molar-refractivity contribution in [2.45, 2.75) is 40.2 Å². The summed E-state index contributed by atoms with van der Waals surface area (Å²) in [5.74, 6) is 0. The summed E-state index contributed by atoms with van der Waals surface area (Å²) in [5, 5.41) is 4.66. The number of aryl methyl sites for hydroxylation is 2.